The SMILES string of the molecule is Cc1ccc(NC(=O)CN2CC(N)C2)c(Cl)c1. The van der Waals surface area contributed by atoms with Gasteiger partial charge in [0.2, 0.25) is 5.91 Å². The number of carbonyl (C=O) groups excluding carboxylic acids is 1. The van der Waals surface area contributed by atoms with E-state index in [1.165, 1.54) is 0 Å². The summed E-state index contributed by atoms with van der Waals surface area (Å²) in [4.78, 5) is 13.7. The van der Waals surface area contributed by atoms with E-state index < -0.39 is 0 Å². The third-order valence-corrected chi connectivity index (χ3v) is 3.06. The second-order valence-electron chi connectivity index (χ2n) is 4.49. The van der Waals surface area contributed by atoms with E-state index in [1.807, 2.05) is 30.0 Å². The van der Waals surface area contributed by atoms with Crippen molar-refractivity contribution in [2.24, 2.45) is 5.73 Å². The number of anilines is 1. The first kappa shape index (κ1) is 12.4. The van der Waals surface area contributed by atoms with Gasteiger partial charge in [-0.2, -0.15) is 0 Å². The van der Waals surface area contributed by atoms with Crippen LogP contribution in [0.15, 0.2) is 18.2 Å². The number of likely N-dealkylation sites (tertiary alicyclic amines) is 1. The molecular formula is C12H16ClN3O. The average Bonchev–Trinajstić information content (AvgIpc) is 2.20. The molecule has 17 heavy (non-hydrogen) atoms. The predicted molar refractivity (Wildman–Crippen MR) is 69.2 cm³/mol. The highest BCUT2D eigenvalue weighted by Gasteiger charge is 2.24. The molecule has 0 atom stereocenters. The van der Waals surface area contributed by atoms with Gasteiger partial charge in [-0.25, -0.2) is 0 Å². The van der Waals surface area contributed by atoms with E-state index in [-0.39, 0.29) is 11.9 Å². The van der Waals surface area contributed by atoms with E-state index in [9.17, 15) is 4.79 Å². The van der Waals surface area contributed by atoms with Gasteiger partial charge in [-0.1, -0.05) is 17.7 Å². The molecule has 0 spiro atoms. The quantitative estimate of drug-likeness (QED) is 0.852. The van der Waals surface area contributed by atoms with Crippen LogP contribution in [0.2, 0.25) is 5.02 Å². The lowest BCUT2D eigenvalue weighted by molar-refractivity contribution is -0.118. The van der Waals surface area contributed by atoms with Gasteiger partial charge in [0.1, 0.15) is 0 Å². The molecule has 0 saturated carbocycles. The molecule has 92 valence electrons. The fraction of sp³-hybridized carbons (Fsp3) is 0.417. The number of aryl methyl sites for hydroxylation is 1. The lowest BCUT2D eigenvalue weighted by Gasteiger charge is -2.36. The van der Waals surface area contributed by atoms with E-state index in [2.05, 4.69) is 5.32 Å². The number of nitrogens with one attached hydrogen (secondary N) is 1. The summed E-state index contributed by atoms with van der Waals surface area (Å²) in [6, 6.07) is 5.78. The zero-order valence-electron chi connectivity index (χ0n) is 9.74. The van der Waals surface area contributed by atoms with Crippen LogP contribution in [0, 0.1) is 6.92 Å². The van der Waals surface area contributed by atoms with Gasteiger partial charge in [0, 0.05) is 19.1 Å². The van der Waals surface area contributed by atoms with Crippen LogP contribution in [0.25, 0.3) is 0 Å². The number of carbonyl (C=O) groups is 1. The molecule has 0 radical (unpaired) electrons. The van der Waals surface area contributed by atoms with Crippen molar-refractivity contribution in [2.75, 3.05) is 25.0 Å². The molecule has 5 heteroatoms. The number of nitrogens with zero attached hydrogens (tertiary/aromatic N) is 1. The van der Waals surface area contributed by atoms with Crippen LogP contribution >= 0.6 is 11.6 Å². The molecule has 1 amide bonds. The summed E-state index contributed by atoms with van der Waals surface area (Å²) in [5.41, 5.74) is 7.37. The predicted octanol–water partition coefficient (Wildman–Crippen LogP) is 1.23. The normalized spacial score (nSPS) is 16.6. The molecule has 1 aliphatic heterocycles. The molecule has 1 aliphatic rings. The topological polar surface area (TPSA) is 58.4 Å². The number of amides is 1. The lowest BCUT2D eigenvalue weighted by Crippen LogP contribution is -2.57. The third-order valence-electron chi connectivity index (χ3n) is 2.75. The molecule has 1 aromatic rings. The number of rotatable bonds is 3. The highest BCUT2D eigenvalue weighted by molar-refractivity contribution is 6.33. The average molecular weight is 254 g/mol. The van der Waals surface area contributed by atoms with Crippen LogP contribution < -0.4 is 11.1 Å². The minimum absolute atomic E-state index is 0.0531. The Balaban J connectivity index is 1.89. The van der Waals surface area contributed by atoms with E-state index in [0.29, 0.717) is 17.3 Å². The molecule has 0 unspecified atom stereocenters. The zero-order chi connectivity index (χ0) is 12.4. The number of halogens is 1. The first-order valence-electron chi connectivity index (χ1n) is 5.58. The van der Waals surface area contributed by atoms with Crippen LogP contribution in [0.4, 0.5) is 5.69 Å². The monoisotopic (exact) mass is 253 g/mol. The summed E-state index contributed by atoms with van der Waals surface area (Å²) in [6.45, 7) is 3.90. The van der Waals surface area contributed by atoms with Gasteiger partial charge in [-0.3, -0.25) is 9.69 Å². The zero-order valence-corrected chi connectivity index (χ0v) is 10.5. The Bertz CT molecular complexity index is 430. The standard InChI is InChI=1S/C12H16ClN3O/c1-8-2-3-11(10(13)4-8)15-12(17)7-16-5-9(14)6-16/h2-4,9H,5-7,14H2,1H3,(H,15,17). The maximum absolute atomic E-state index is 11.7. The number of nitrogens with two attached hydrogens (primary N) is 1. The first-order chi connectivity index (χ1) is 8.04. The Kier molecular flexibility index (Phi) is 3.66. The van der Waals surface area contributed by atoms with Crippen molar-refractivity contribution in [3.8, 4) is 0 Å². The van der Waals surface area contributed by atoms with Crippen molar-refractivity contribution in [3.05, 3.63) is 28.8 Å². The van der Waals surface area contributed by atoms with Crippen molar-refractivity contribution in [1.82, 2.24) is 4.90 Å². The molecule has 0 aliphatic carbocycles. The summed E-state index contributed by atoms with van der Waals surface area (Å²) in [7, 11) is 0. The van der Waals surface area contributed by atoms with Gasteiger partial charge >= 0.3 is 0 Å². The molecule has 0 bridgehead atoms. The first-order valence-corrected chi connectivity index (χ1v) is 5.96. The maximum Gasteiger partial charge on any atom is 0.238 e. The second kappa shape index (κ2) is 5.04. The molecule has 1 aromatic carbocycles. The molecule has 3 N–H and O–H groups in total. The molecule has 1 saturated heterocycles. The fourth-order valence-corrected chi connectivity index (χ4v) is 2.14. The summed E-state index contributed by atoms with van der Waals surface area (Å²) in [6.07, 6.45) is 0. The molecule has 0 aromatic heterocycles. The Hall–Kier alpha value is -1.10. The van der Waals surface area contributed by atoms with Crippen molar-refractivity contribution >= 4 is 23.2 Å². The van der Waals surface area contributed by atoms with Crippen LogP contribution in [0.1, 0.15) is 5.56 Å². The second-order valence-corrected chi connectivity index (χ2v) is 4.89. The lowest BCUT2D eigenvalue weighted by atomic mass is 10.1. The number of benzene rings is 1. The summed E-state index contributed by atoms with van der Waals surface area (Å²) in [5, 5.41) is 3.37. The Morgan fingerprint density at radius 3 is 2.88 bits per heavy atom. The molecule has 1 heterocycles. The summed E-state index contributed by atoms with van der Waals surface area (Å²) in [5.74, 6) is -0.0531. The number of hydrogen-bond acceptors (Lipinski definition) is 3. The van der Waals surface area contributed by atoms with E-state index >= 15 is 0 Å². The minimum Gasteiger partial charge on any atom is -0.325 e. The van der Waals surface area contributed by atoms with Crippen molar-refractivity contribution in [3.63, 3.8) is 0 Å². The van der Waals surface area contributed by atoms with Crippen molar-refractivity contribution < 1.29 is 4.79 Å². The third kappa shape index (κ3) is 3.19. The number of hydrogen-bond donors (Lipinski definition) is 2. The summed E-state index contributed by atoms with van der Waals surface area (Å²) < 4.78 is 0. The minimum atomic E-state index is -0.0531. The Labute approximate surface area is 106 Å². The molecule has 1 fully saturated rings. The maximum atomic E-state index is 11.7. The van der Waals surface area contributed by atoms with E-state index in [4.69, 9.17) is 17.3 Å². The van der Waals surface area contributed by atoms with Crippen LogP contribution in [-0.2, 0) is 4.79 Å². The van der Waals surface area contributed by atoms with Gasteiger partial charge in [0.05, 0.1) is 17.3 Å². The molecule has 2 rings (SSSR count). The van der Waals surface area contributed by atoms with Crippen molar-refractivity contribution in [1.29, 1.82) is 0 Å². The highest BCUT2D eigenvalue weighted by atomic mass is 35.5. The molecule has 4 nitrogen and oxygen atoms in total. The van der Waals surface area contributed by atoms with Crippen molar-refractivity contribution in [2.45, 2.75) is 13.0 Å². The van der Waals surface area contributed by atoms with Gasteiger partial charge < -0.3 is 11.1 Å². The van der Waals surface area contributed by atoms with Gasteiger partial charge in [0.25, 0.3) is 0 Å². The van der Waals surface area contributed by atoms with E-state index in [1.54, 1.807) is 0 Å². The van der Waals surface area contributed by atoms with Gasteiger partial charge in [0.15, 0.2) is 0 Å². The van der Waals surface area contributed by atoms with Gasteiger partial charge in [-0.05, 0) is 24.6 Å². The summed E-state index contributed by atoms with van der Waals surface area (Å²) >= 11 is 6.03. The van der Waals surface area contributed by atoms with Crippen LogP contribution in [0.5, 0.6) is 0 Å². The van der Waals surface area contributed by atoms with Crippen LogP contribution in [0.3, 0.4) is 0 Å². The Morgan fingerprint density at radius 1 is 1.59 bits per heavy atom. The van der Waals surface area contributed by atoms with E-state index in [0.717, 1.165) is 18.7 Å². The van der Waals surface area contributed by atoms with Crippen LogP contribution in [-0.4, -0.2) is 36.5 Å². The largest absolute Gasteiger partial charge is 0.325 e. The molecular weight excluding hydrogens is 238 g/mol. The Morgan fingerprint density at radius 2 is 2.29 bits per heavy atom. The highest BCUT2D eigenvalue weighted by Crippen LogP contribution is 2.22. The smallest absolute Gasteiger partial charge is 0.238 e. The fourth-order valence-electron chi connectivity index (χ4n) is 1.85. The van der Waals surface area contributed by atoms with Gasteiger partial charge in [-0.15, -0.1) is 0 Å².